The molecule has 110 valence electrons. The summed E-state index contributed by atoms with van der Waals surface area (Å²) in [7, 11) is 0. The van der Waals surface area contributed by atoms with Crippen molar-refractivity contribution in [3.8, 4) is 0 Å². The molecule has 0 aliphatic rings. The minimum absolute atomic E-state index is 0.274. The average Bonchev–Trinajstić information content (AvgIpc) is 2.74. The molecule has 0 bridgehead atoms. The van der Waals surface area contributed by atoms with Crippen molar-refractivity contribution >= 4 is 21.4 Å². The fraction of sp³-hybridized carbons (Fsp3) is 0.529. The van der Waals surface area contributed by atoms with Crippen molar-refractivity contribution in [3.05, 3.63) is 34.7 Å². The van der Waals surface area contributed by atoms with Gasteiger partial charge in [-0.2, -0.15) is 0 Å². The Hall–Kier alpha value is -0.900. The molecule has 2 atom stereocenters. The maximum atomic E-state index is 10.3. The van der Waals surface area contributed by atoms with Gasteiger partial charge in [-0.25, -0.2) is 0 Å². The molecule has 0 radical (unpaired) electrons. The first-order chi connectivity index (χ1) is 9.44. The van der Waals surface area contributed by atoms with Crippen molar-refractivity contribution in [2.45, 2.75) is 52.2 Å². The maximum Gasteiger partial charge on any atom is 0.0743 e. The first kappa shape index (κ1) is 15.5. The molecule has 0 fully saturated rings. The first-order valence-corrected chi connectivity index (χ1v) is 8.20. The van der Waals surface area contributed by atoms with E-state index >= 15 is 0 Å². The fourth-order valence-corrected chi connectivity index (χ4v) is 3.94. The van der Waals surface area contributed by atoms with Crippen molar-refractivity contribution in [1.29, 1.82) is 0 Å². The quantitative estimate of drug-likeness (QED) is 0.826. The summed E-state index contributed by atoms with van der Waals surface area (Å²) in [6, 6.07) is 8.82. The number of benzene rings is 1. The molecule has 1 aromatic carbocycles. The number of aliphatic hydroxyl groups is 1. The maximum absolute atomic E-state index is 10.3. The Morgan fingerprint density at radius 2 is 2.05 bits per heavy atom. The SMILES string of the molecule is CCCC(C)(O)CNC(C)c1sc2ccccc2c1C. The third kappa shape index (κ3) is 3.40. The van der Waals surface area contributed by atoms with Crippen molar-refractivity contribution in [1.82, 2.24) is 5.32 Å². The van der Waals surface area contributed by atoms with Gasteiger partial charge < -0.3 is 10.4 Å². The standard InChI is InChI=1S/C17H25NOS/c1-5-10-17(4,19)11-18-13(3)16-12(2)14-8-6-7-9-15(14)20-16/h6-9,13,18-19H,5,10-11H2,1-4H3. The lowest BCUT2D eigenvalue weighted by Crippen LogP contribution is -2.38. The van der Waals surface area contributed by atoms with Gasteiger partial charge in [0.05, 0.1) is 5.60 Å². The van der Waals surface area contributed by atoms with Crippen LogP contribution >= 0.6 is 11.3 Å². The highest BCUT2D eigenvalue weighted by atomic mass is 32.1. The third-order valence-corrected chi connectivity index (χ3v) is 5.31. The molecule has 0 aliphatic heterocycles. The number of rotatable bonds is 6. The van der Waals surface area contributed by atoms with Gasteiger partial charge in [0.15, 0.2) is 0 Å². The van der Waals surface area contributed by atoms with Gasteiger partial charge in [0, 0.05) is 22.2 Å². The molecule has 2 unspecified atom stereocenters. The van der Waals surface area contributed by atoms with E-state index < -0.39 is 5.60 Å². The minimum atomic E-state index is -0.617. The first-order valence-electron chi connectivity index (χ1n) is 7.38. The number of hydrogen-bond donors (Lipinski definition) is 2. The second-order valence-electron chi connectivity index (χ2n) is 5.94. The molecule has 0 aliphatic carbocycles. The number of nitrogens with one attached hydrogen (secondary N) is 1. The van der Waals surface area contributed by atoms with Crippen molar-refractivity contribution in [2.24, 2.45) is 0 Å². The highest BCUT2D eigenvalue weighted by Gasteiger charge is 2.21. The Morgan fingerprint density at radius 1 is 1.35 bits per heavy atom. The zero-order valence-corrected chi connectivity index (χ0v) is 13.7. The predicted molar refractivity (Wildman–Crippen MR) is 88.5 cm³/mol. The summed E-state index contributed by atoms with van der Waals surface area (Å²) in [6.45, 7) is 9.02. The second-order valence-corrected chi connectivity index (χ2v) is 7.02. The Morgan fingerprint density at radius 3 is 2.70 bits per heavy atom. The van der Waals surface area contributed by atoms with Gasteiger partial charge in [0.1, 0.15) is 0 Å². The van der Waals surface area contributed by atoms with Crippen LogP contribution in [0.3, 0.4) is 0 Å². The van der Waals surface area contributed by atoms with E-state index in [1.165, 1.54) is 20.5 Å². The Kier molecular flexibility index (Phi) is 4.84. The molecule has 3 heteroatoms. The Balaban J connectivity index is 2.11. The van der Waals surface area contributed by atoms with Gasteiger partial charge in [-0.05, 0) is 44.2 Å². The summed E-state index contributed by atoms with van der Waals surface area (Å²) in [5.74, 6) is 0. The van der Waals surface area contributed by atoms with Crippen molar-refractivity contribution < 1.29 is 5.11 Å². The van der Waals surface area contributed by atoms with Crippen LogP contribution in [0.2, 0.25) is 0 Å². The lowest BCUT2D eigenvalue weighted by Gasteiger charge is -2.25. The molecule has 1 aromatic heterocycles. The molecule has 2 rings (SSSR count). The zero-order valence-electron chi connectivity index (χ0n) is 12.9. The largest absolute Gasteiger partial charge is 0.389 e. The number of thiophene rings is 1. The van der Waals surface area contributed by atoms with Crippen LogP contribution in [0.4, 0.5) is 0 Å². The normalized spacial score (nSPS) is 16.2. The Bertz CT molecular complexity index is 573. The zero-order chi connectivity index (χ0) is 14.8. The van der Waals surface area contributed by atoms with E-state index in [-0.39, 0.29) is 6.04 Å². The summed E-state index contributed by atoms with van der Waals surface area (Å²) in [6.07, 6.45) is 1.84. The van der Waals surface area contributed by atoms with Crippen molar-refractivity contribution in [2.75, 3.05) is 6.54 Å². The number of fused-ring (bicyclic) bond motifs is 1. The molecule has 2 nitrogen and oxygen atoms in total. The molecule has 0 amide bonds. The third-order valence-electron chi connectivity index (χ3n) is 3.85. The van der Waals surface area contributed by atoms with Crippen LogP contribution < -0.4 is 5.32 Å². The topological polar surface area (TPSA) is 32.3 Å². The summed E-state index contributed by atoms with van der Waals surface area (Å²) in [5, 5.41) is 15.1. The van der Waals surface area contributed by atoms with E-state index in [2.05, 4.69) is 50.4 Å². The predicted octanol–water partition coefficient (Wildman–Crippen LogP) is 4.41. The highest BCUT2D eigenvalue weighted by molar-refractivity contribution is 7.19. The summed E-state index contributed by atoms with van der Waals surface area (Å²) in [5.41, 5.74) is 0.744. The fourth-order valence-electron chi connectivity index (χ4n) is 2.70. The van der Waals surface area contributed by atoms with Gasteiger partial charge in [0.2, 0.25) is 0 Å². The average molecular weight is 291 g/mol. The van der Waals surface area contributed by atoms with Gasteiger partial charge in [0.25, 0.3) is 0 Å². The molecule has 0 saturated carbocycles. The van der Waals surface area contributed by atoms with Crippen LogP contribution in [0.1, 0.15) is 50.1 Å². The van der Waals surface area contributed by atoms with Crippen LogP contribution in [0.25, 0.3) is 10.1 Å². The Labute approximate surface area is 125 Å². The smallest absolute Gasteiger partial charge is 0.0743 e. The lowest BCUT2D eigenvalue weighted by atomic mass is 10.00. The van der Waals surface area contributed by atoms with Crippen LogP contribution in [0.5, 0.6) is 0 Å². The molecular weight excluding hydrogens is 266 g/mol. The minimum Gasteiger partial charge on any atom is -0.389 e. The molecule has 2 N–H and O–H groups in total. The van der Waals surface area contributed by atoms with Gasteiger partial charge in [-0.3, -0.25) is 0 Å². The summed E-state index contributed by atoms with van der Waals surface area (Å²) in [4.78, 5) is 1.37. The highest BCUT2D eigenvalue weighted by Crippen LogP contribution is 2.34. The van der Waals surface area contributed by atoms with Crippen LogP contribution in [0, 0.1) is 6.92 Å². The molecule has 0 saturated heterocycles. The van der Waals surface area contributed by atoms with Gasteiger partial charge in [-0.1, -0.05) is 31.5 Å². The van der Waals surface area contributed by atoms with E-state index in [1.54, 1.807) is 0 Å². The molecule has 2 aromatic rings. The van der Waals surface area contributed by atoms with E-state index in [1.807, 2.05) is 18.3 Å². The van der Waals surface area contributed by atoms with Crippen LogP contribution in [-0.4, -0.2) is 17.3 Å². The lowest BCUT2D eigenvalue weighted by molar-refractivity contribution is 0.0477. The van der Waals surface area contributed by atoms with E-state index in [9.17, 15) is 5.11 Å². The summed E-state index contributed by atoms with van der Waals surface area (Å²) >= 11 is 1.85. The van der Waals surface area contributed by atoms with E-state index in [4.69, 9.17) is 0 Å². The number of hydrogen-bond acceptors (Lipinski definition) is 3. The summed E-state index contributed by atoms with van der Waals surface area (Å²) < 4.78 is 1.34. The molecule has 20 heavy (non-hydrogen) atoms. The van der Waals surface area contributed by atoms with Crippen molar-refractivity contribution in [3.63, 3.8) is 0 Å². The van der Waals surface area contributed by atoms with Gasteiger partial charge >= 0.3 is 0 Å². The molecule has 0 spiro atoms. The molecular formula is C17H25NOS. The molecule has 1 heterocycles. The van der Waals surface area contributed by atoms with Crippen LogP contribution in [0.15, 0.2) is 24.3 Å². The van der Waals surface area contributed by atoms with Gasteiger partial charge in [-0.15, -0.1) is 11.3 Å². The van der Waals surface area contributed by atoms with E-state index in [0.29, 0.717) is 6.54 Å². The number of aryl methyl sites for hydroxylation is 1. The monoisotopic (exact) mass is 291 g/mol. The second kappa shape index (κ2) is 6.25. The van der Waals surface area contributed by atoms with E-state index in [0.717, 1.165) is 12.8 Å². The van der Waals surface area contributed by atoms with Crippen LogP contribution in [-0.2, 0) is 0 Å².